The molecule has 0 aliphatic carbocycles. The van der Waals surface area contributed by atoms with E-state index >= 15 is 0 Å². The van der Waals surface area contributed by atoms with Gasteiger partial charge in [0.25, 0.3) is 0 Å². The largest absolute Gasteiger partial charge is 0.496 e. The summed E-state index contributed by atoms with van der Waals surface area (Å²) < 4.78 is 5.32. The predicted octanol–water partition coefficient (Wildman–Crippen LogP) is 1.76. The molecule has 1 amide bonds. The van der Waals surface area contributed by atoms with E-state index in [1.807, 2.05) is 32.0 Å². The van der Waals surface area contributed by atoms with E-state index in [2.05, 4.69) is 15.6 Å². The van der Waals surface area contributed by atoms with Crippen molar-refractivity contribution in [2.45, 2.75) is 20.4 Å². The molecule has 1 aromatic carbocycles. The summed E-state index contributed by atoms with van der Waals surface area (Å²) in [5, 5.41) is 6.15. The minimum absolute atomic E-state index is 0. The number of hydrogen-bond donors (Lipinski definition) is 2. The van der Waals surface area contributed by atoms with E-state index in [0.29, 0.717) is 12.5 Å². The van der Waals surface area contributed by atoms with E-state index in [0.717, 1.165) is 23.4 Å². The van der Waals surface area contributed by atoms with Crippen LogP contribution in [0.15, 0.2) is 23.2 Å². The number of amides is 1. The minimum atomic E-state index is 0. The van der Waals surface area contributed by atoms with Crippen molar-refractivity contribution >= 4 is 35.8 Å². The molecule has 130 valence electrons. The number of ether oxygens (including phenoxy) is 1. The Morgan fingerprint density at radius 1 is 1.30 bits per heavy atom. The molecule has 0 unspecified atom stereocenters. The van der Waals surface area contributed by atoms with Crippen LogP contribution in [0.25, 0.3) is 0 Å². The predicted molar refractivity (Wildman–Crippen MR) is 105 cm³/mol. The molecule has 0 aliphatic heterocycles. The Bertz CT molecular complexity index is 533. The molecular weight excluding hydrogens is 407 g/mol. The number of guanidine groups is 1. The van der Waals surface area contributed by atoms with Gasteiger partial charge in [0.05, 0.1) is 20.2 Å². The van der Waals surface area contributed by atoms with Crippen molar-refractivity contribution in [3.05, 3.63) is 29.3 Å². The average Bonchev–Trinajstić information content (AvgIpc) is 2.50. The first-order valence-electron chi connectivity index (χ1n) is 7.33. The monoisotopic (exact) mass is 434 g/mol. The van der Waals surface area contributed by atoms with Crippen molar-refractivity contribution < 1.29 is 9.53 Å². The lowest BCUT2D eigenvalue weighted by Gasteiger charge is -2.14. The molecule has 0 bridgehead atoms. The fraction of sp³-hybridized carbons (Fsp3) is 0.500. The molecule has 7 heteroatoms. The minimum Gasteiger partial charge on any atom is -0.496 e. The maximum Gasteiger partial charge on any atom is 0.241 e. The normalized spacial score (nSPS) is 10.6. The lowest BCUT2D eigenvalue weighted by Crippen LogP contribution is -2.42. The molecule has 0 saturated carbocycles. The number of halogens is 1. The Balaban J connectivity index is 0.00000484. The van der Waals surface area contributed by atoms with Crippen LogP contribution in [0.1, 0.15) is 18.1 Å². The third kappa shape index (κ3) is 7.54. The molecule has 0 aliphatic rings. The zero-order valence-electron chi connectivity index (χ0n) is 14.5. The number of carbonyl (C=O) groups is 1. The lowest BCUT2D eigenvalue weighted by molar-refractivity contribution is -0.127. The highest BCUT2D eigenvalue weighted by Gasteiger charge is 2.05. The van der Waals surface area contributed by atoms with Gasteiger partial charge in [-0.3, -0.25) is 4.79 Å². The van der Waals surface area contributed by atoms with Crippen molar-refractivity contribution in [1.82, 2.24) is 15.5 Å². The topological polar surface area (TPSA) is 66.0 Å². The molecular formula is C16H27IN4O2. The third-order valence-electron chi connectivity index (χ3n) is 3.14. The fourth-order valence-corrected chi connectivity index (χ4v) is 1.79. The third-order valence-corrected chi connectivity index (χ3v) is 3.14. The highest BCUT2D eigenvalue weighted by molar-refractivity contribution is 14.0. The molecule has 0 atom stereocenters. The fourth-order valence-electron chi connectivity index (χ4n) is 1.79. The van der Waals surface area contributed by atoms with Crippen LogP contribution < -0.4 is 15.4 Å². The van der Waals surface area contributed by atoms with Crippen LogP contribution in [0.2, 0.25) is 0 Å². The molecule has 0 aromatic heterocycles. The van der Waals surface area contributed by atoms with E-state index in [-0.39, 0.29) is 36.4 Å². The second kappa shape index (κ2) is 11.1. The Kier molecular flexibility index (Phi) is 10.4. The Hall–Kier alpha value is -1.51. The molecule has 1 rings (SSSR count). The quantitative estimate of drug-likeness (QED) is 0.407. The summed E-state index contributed by atoms with van der Waals surface area (Å²) in [5.74, 6) is 1.48. The molecule has 0 spiro atoms. The van der Waals surface area contributed by atoms with Crippen molar-refractivity contribution in [2.24, 2.45) is 4.99 Å². The van der Waals surface area contributed by atoms with Gasteiger partial charge in [0.2, 0.25) is 5.91 Å². The van der Waals surface area contributed by atoms with Gasteiger partial charge in [-0.25, -0.2) is 4.99 Å². The second-order valence-electron chi connectivity index (χ2n) is 5.14. The average molecular weight is 434 g/mol. The van der Waals surface area contributed by atoms with Crippen molar-refractivity contribution in [3.63, 3.8) is 0 Å². The molecule has 23 heavy (non-hydrogen) atoms. The number of nitrogens with zero attached hydrogens (tertiary/aromatic N) is 2. The summed E-state index contributed by atoms with van der Waals surface area (Å²) in [4.78, 5) is 17.6. The zero-order valence-corrected chi connectivity index (χ0v) is 16.8. The van der Waals surface area contributed by atoms with Crippen molar-refractivity contribution in [1.29, 1.82) is 0 Å². The number of likely N-dealkylation sites (N-methyl/N-ethyl adjacent to an activating group) is 1. The number of hydrogen-bond acceptors (Lipinski definition) is 3. The SMILES string of the molecule is CCNC(=NCc1ccc(C)c(OC)c1)NCC(=O)N(C)C.I. The van der Waals surface area contributed by atoms with Gasteiger partial charge in [-0.1, -0.05) is 12.1 Å². The molecule has 2 N–H and O–H groups in total. The van der Waals surface area contributed by atoms with Crippen LogP contribution in [0.5, 0.6) is 5.75 Å². The van der Waals surface area contributed by atoms with Crippen LogP contribution in [0.4, 0.5) is 0 Å². The molecule has 0 radical (unpaired) electrons. The Labute approximate surface area is 155 Å². The maximum atomic E-state index is 11.6. The van der Waals surface area contributed by atoms with Gasteiger partial charge < -0.3 is 20.3 Å². The lowest BCUT2D eigenvalue weighted by atomic mass is 10.1. The van der Waals surface area contributed by atoms with Crippen LogP contribution >= 0.6 is 24.0 Å². The zero-order chi connectivity index (χ0) is 16.5. The first-order chi connectivity index (χ1) is 10.5. The van der Waals surface area contributed by atoms with Gasteiger partial charge in [0, 0.05) is 20.6 Å². The smallest absolute Gasteiger partial charge is 0.241 e. The summed E-state index contributed by atoms with van der Waals surface area (Å²) in [6.07, 6.45) is 0. The van der Waals surface area contributed by atoms with Crippen molar-refractivity contribution in [3.8, 4) is 5.75 Å². The highest BCUT2D eigenvalue weighted by Crippen LogP contribution is 2.19. The first-order valence-corrected chi connectivity index (χ1v) is 7.33. The summed E-state index contributed by atoms with van der Waals surface area (Å²) in [7, 11) is 5.12. The van der Waals surface area contributed by atoms with Gasteiger partial charge in [-0.15, -0.1) is 24.0 Å². The van der Waals surface area contributed by atoms with E-state index in [9.17, 15) is 4.79 Å². The number of nitrogens with one attached hydrogen (secondary N) is 2. The Morgan fingerprint density at radius 3 is 2.57 bits per heavy atom. The number of benzene rings is 1. The first kappa shape index (κ1) is 21.5. The van der Waals surface area contributed by atoms with Crippen molar-refractivity contribution in [2.75, 3.05) is 34.3 Å². The summed E-state index contributed by atoms with van der Waals surface area (Å²) >= 11 is 0. The number of methoxy groups -OCH3 is 1. The number of carbonyl (C=O) groups excluding carboxylic acids is 1. The standard InChI is InChI=1S/C16H26N4O2.HI/c1-6-17-16(19-11-15(21)20(3)4)18-10-13-8-7-12(2)14(9-13)22-5;/h7-9H,6,10-11H2,1-5H3,(H2,17,18,19);1H. The van der Waals surface area contributed by atoms with Gasteiger partial charge in [-0.05, 0) is 31.0 Å². The second-order valence-corrected chi connectivity index (χ2v) is 5.14. The maximum absolute atomic E-state index is 11.6. The van der Waals surface area contributed by atoms with E-state index in [1.54, 1.807) is 26.1 Å². The summed E-state index contributed by atoms with van der Waals surface area (Å²) in [6, 6.07) is 6.02. The van der Waals surface area contributed by atoms with Gasteiger partial charge in [0.1, 0.15) is 5.75 Å². The molecule has 0 heterocycles. The summed E-state index contributed by atoms with van der Waals surface area (Å²) in [5.41, 5.74) is 2.15. The number of rotatable bonds is 6. The van der Waals surface area contributed by atoms with E-state index in [4.69, 9.17) is 4.74 Å². The number of aryl methyl sites for hydroxylation is 1. The van der Waals surface area contributed by atoms with Gasteiger partial charge in [0.15, 0.2) is 5.96 Å². The highest BCUT2D eigenvalue weighted by atomic mass is 127. The van der Waals surface area contributed by atoms with Gasteiger partial charge >= 0.3 is 0 Å². The molecule has 0 fully saturated rings. The molecule has 0 saturated heterocycles. The van der Waals surface area contributed by atoms with Gasteiger partial charge in [-0.2, -0.15) is 0 Å². The molecule has 6 nitrogen and oxygen atoms in total. The van der Waals surface area contributed by atoms with E-state index < -0.39 is 0 Å². The van der Waals surface area contributed by atoms with Crippen LogP contribution in [0, 0.1) is 6.92 Å². The number of aliphatic imine (C=N–C) groups is 1. The summed E-state index contributed by atoms with van der Waals surface area (Å²) in [6.45, 7) is 5.46. The van der Waals surface area contributed by atoms with E-state index in [1.165, 1.54) is 0 Å². The van der Waals surface area contributed by atoms with Crippen LogP contribution in [-0.4, -0.2) is 51.1 Å². The van der Waals surface area contributed by atoms with Crippen LogP contribution in [0.3, 0.4) is 0 Å². The Morgan fingerprint density at radius 2 is 2.00 bits per heavy atom. The molecule has 1 aromatic rings. The van der Waals surface area contributed by atoms with Crippen LogP contribution in [-0.2, 0) is 11.3 Å².